The molecular formula is C21H30N2O5. The Morgan fingerprint density at radius 3 is 2.43 bits per heavy atom. The van der Waals surface area contributed by atoms with Crippen LogP contribution in [0, 0.1) is 5.92 Å². The number of hydrogen-bond acceptors (Lipinski definition) is 5. The molecule has 1 aromatic carbocycles. The van der Waals surface area contributed by atoms with Crippen molar-refractivity contribution in [2.45, 2.75) is 38.7 Å². The van der Waals surface area contributed by atoms with Gasteiger partial charge in [0.05, 0.1) is 33.0 Å². The zero-order valence-corrected chi connectivity index (χ0v) is 17.2. The van der Waals surface area contributed by atoms with E-state index in [0.29, 0.717) is 25.4 Å². The SMILES string of the molecule is COc1cc2c(cc1OC)C1(CCN(C(=O)CNC(=O)C(C)C)CC1)OCC2. The van der Waals surface area contributed by atoms with Crippen LogP contribution in [-0.2, 0) is 26.3 Å². The first-order chi connectivity index (χ1) is 13.4. The van der Waals surface area contributed by atoms with E-state index in [1.54, 1.807) is 14.2 Å². The monoisotopic (exact) mass is 390 g/mol. The number of benzene rings is 1. The number of nitrogens with one attached hydrogen (secondary N) is 1. The Kier molecular flexibility index (Phi) is 6.13. The molecule has 1 N–H and O–H groups in total. The minimum atomic E-state index is -0.398. The maximum Gasteiger partial charge on any atom is 0.241 e. The van der Waals surface area contributed by atoms with Gasteiger partial charge in [-0.05, 0) is 42.5 Å². The Balaban J connectivity index is 1.71. The Bertz CT molecular complexity index is 739. The normalized spacial score (nSPS) is 18.0. The third-order valence-electron chi connectivity index (χ3n) is 5.71. The van der Waals surface area contributed by atoms with E-state index in [1.807, 2.05) is 30.9 Å². The number of fused-ring (bicyclic) bond motifs is 2. The lowest BCUT2D eigenvalue weighted by atomic mass is 9.79. The van der Waals surface area contributed by atoms with Crippen molar-refractivity contribution in [3.63, 3.8) is 0 Å². The second kappa shape index (κ2) is 8.39. The molecule has 1 aromatic rings. The summed E-state index contributed by atoms with van der Waals surface area (Å²) in [6, 6.07) is 4.06. The Morgan fingerprint density at radius 2 is 1.82 bits per heavy atom. The van der Waals surface area contributed by atoms with Crippen LogP contribution in [0.1, 0.15) is 37.8 Å². The van der Waals surface area contributed by atoms with Crippen molar-refractivity contribution in [2.24, 2.45) is 5.92 Å². The number of nitrogens with zero attached hydrogens (tertiary/aromatic N) is 1. The van der Waals surface area contributed by atoms with Crippen LogP contribution in [0.25, 0.3) is 0 Å². The molecule has 28 heavy (non-hydrogen) atoms. The molecule has 154 valence electrons. The highest BCUT2D eigenvalue weighted by Crippen LogP contribution is 2.45. The first kappa shape index (κ1) is 20.5. The standard InChI is InChI=1S/C21H30N2O5/c1-14(2)20(25)22-13-19(24)23-8-6-21(7-9-23)16-12-18(27-4)17(26-3)11-15(16)5-10-28-21/h11-12,14H,5-10,13H2,1-4H3,(H,22,25). The Morgan fingerprint density at radius 1 is 1.18 bits per heavy atom. The summed E-state index contributed by atoms with van der Waals surface area (Å²) in [5.74, 6) is 1.14. The van der Waals surface area contributed by atoms with Crippen LogP contribution >= 0.6 is 0 Å². The minimum Gasteiger partial charge on any atom is -0.493 e. The highest BCUT2D eigenvalue weighted by atomic mass is 16.5. The molecule has 0 atom stereocenters. The molecule has 7 nitrogen and oxygen atoms in total. The van der Waals surface area contributed by atoms with Crippen molar-refractivity contribution in [2.75, 3.05) is 40.5 Å². The summed E-state index contributed by atoms with van der Waals surface area (Å²) in [6.07, 6.45) is 2.28. The lowest BCUT2D eigenvalue weighted by Crippen LogP contribution is -2.50. The van der Waals surface area contributed by atoms with Crippen molar-refractivity contribution in [1.82, 2.24) is 10.2 Å². The molecular weight excluding hydrogens is 360 g/mol. The molecule has 0 bridgehead atoms. The van der Waals surface area contributed by atoms with Gasteiger partial charge in [0.1, 0.15) is 0 Å². The fourth-order valence-corrected chi connectivity index (χ4v) is 4.00. The lowest BCUT2D eigenvalue weighted by Gasteiger charge is -2.45. The first-order valence-electron chi connectivity index (χ1n) is 9.85. The molecule has 1 saturated heterocycles. The molecule has 2 aliphatic rings. The maximum atomic E-state index is 12.5. The molecule has 3 rings (SSSR count). The van der Waals surface area contributed by atoms with E-state index < -0.39 is 5.60 Å². The fourth-order valence-electron chi connectivity index (χ4n) is 4.00. The minimum absolute atomic E-state index is 0.0481. The van der Waals surface area contributed by atoms with Crippen molar-refractivity contribution in [3.05, 3.63) is 23.3 Å². The third kappa shape index (κ3) is 3.94. The number of methoxy groups -OCH3 is 2. The van der Waals surface area contributed by atoms with Crippen LogP contribution in [0.15, 0.2) is 12.1 Å². The molecule has 0 unspecified atom stereocenters. The smallest absolute Gasteiger partial charge is 0.241 e. The summed E-state index contributed by atoms with van der Waals surface area (Å²) >= 11 is 0. The highest BCUT2D eigenvalue weighted by Gasteiger charge is 2.42. The van der Waals surface area contributed by atoms with Crippen molar-refractivity contribution in [3.8, 4) is 11.5 Å². The van der Waals surface area contributed by atoms with E-state index in [4.69, 9.17) is 14.2 Å². The van der Waals surface area contributed by atoms with Gasteiger partial charge in [0.2, 0.25) is 11.8 Å². The molecule has 1 spiro atoms. The van der Waals surface area contributed by atoms with Gasteiger partial charge in [-0.25, -0.2) is 0 Å². The average molecular weight is 390 g/mol. The second-order valence-corrected chi connectivity index (χ2v) is 7.71. The van der Waals surface area contributed by atoms with Crippen molar-refractivity contribution in [1.29, 1.82) is 0 Å². The zero-order valence-electron chi connectivity index (χ0n) is 17.2. The number of rotatable bonds is 5. The van der Waals surface area contributed by atoms with Gasteiger partial charge < -0.3 is 24.4 Å². The van der Waals surface area contributed by atoms with Gasteiger partial charge in [-0.3, -0.25) is 9.59 Å². The van der Waals surface area contributed by atoms with E-state index in [-0.39, 0.29) is 24.3 Å². The van der Waals surface area contributed by atoms with Gasteiger partial charge in [0.25, 0.3) is 0 Å². The summed E-state index contributed by atoms with van der Waals surface area (Å²) in [6.45, 7) is 5.53. The van der Waals surface area contributed by atoms with Crippen LogP contribution in [0.5, 0.6) is 11.5 Å². The number of ether oxygens (including phenoxy) is 3. The molecule has 2 aliphatic heterocycles. The third-order valence-corrected chi connectivity index (χ3v) is 5.71. The van der Waals surface area contributed by atoms with Gasteiger partial charge >= 0.3 is 0 Å². The molecule has 2 amide bonds. The van der Waals surface area contributed by atoms with Crippen molar-refractivity contribution >= 4 is 11.8 Å². The van der Waals surface area contributed by atoms with Gasteiger partial charge in [0, 0.05) is 19.0 Å². The largest absolute Gasteiger partial charge is 0.493 e. The van der Waals surface area contributed by atoms with Gasteiger partial charge in [-0.2, -0.15) is 0 Å². The zero-order chi connectivity index (χ0) is 20.3. The van der Waals surface area contributed by atoms with E-state index in [0.717, 1.165) is 30.6 Å². The molecule has 0 aromatic heterocycles. The Hall–Kier alpha value is -2.28. The molecule has 1 fully saturated rings. The van der Waals surface area contributed by atoms with E-state index >= 15 is 0 Å². The Labute approximate surface area is 166 Å². The second-order valence-electron chi connectivity index (χ2n) is 7.71. The predicted octanol–water partition coefficient (Wildman–Crippen LogP) is 1.87. The quantitative estimate of drug-likeness (QED) is 0.831. The molecule has 2 heterocycles. The van der Waals surface area contributed by atoms with Crippen LogP contribution in [-0.4, -0.2) is 57.2 Å². The van der Waals surface area contributed by atoms with Crippen LogP contribution < -0.4 is 14.8 Å². The van der Waals surface area contributed by atoms with Gasteiger partial charge in [-0.15, -0.1) is 0 Å². The van der Waals surface area contributed by atoms with Gasteiger partial charge in [-0.1, -0.05) is 13.8 Å². The highest BCUT2D eigenvalue weighted by molar-refractivity contribution is 5.85. The lowest BCUT2D eigenvalue weighted by molar-refractivity contribution is -0.141. The van der Waals surface area contributed by atoms with E-state index in [9.17, 15) is 9.59 Å². The molecule has 0 aliphatic carbocycles. The topological polar surface area (TPSA) is 77.1 Å². The van der Waals surface area contributed by atoms with Crippen LogP contribution in [0.4, 0.5) is 0 Å². The fraction of sp³-hybridized carbons (Fsp3) is 0.619. The number of carbonyl (C=O) groups is 2. The van der Waals surface area contributed by atoms with E-state index in [1.165, 1.54) is 5.56 Å². The van der Waals surface area contributed by atoms with Crippen molar-refractivity contribution < 1.29 is 23.8 Å². The summed E-state index contributed by atoms with van der Waals surface area (Å²) in [5, 5.41) is 2.70. The predicted molar refractivity (Wildman–Crippen MR) is 105 cm³/mol. The summed E-state index contributed by atoms with van der Waals surface area (Å²) in [5.41, 5.74) is 1.95. The molecule has 0 radical (unpaired) electrons. The van der Waals surface area contributed by atoms with Gasteiger partial charge in [0.15, 0.2) is 11.5 Å². The first-order valence-corrected chi connectivity index (χ1v) is 9.85. The maximum absolute atomic E-state index is 12.5. The average Bonchev–Trinajstić information content (AvgIpc) is 2.71. The summed E-state index contributed by atoms with van der Waals surface area (Å²) in [7, 11) is 3.27. The number of amides is 2. The van der Waals surface area contributed by atoms with E-state index in [2.05, 4.69) is 5.32 Å². The number of carbonyl (C=O) groups excluding carboxylic acids is 2. The number of likely N-dealkylation sites (tertiary alicyclic amines) is 1. The van der Waals surface area contributed by atoms with Crippen LogP contribution in [0.3, 0.4) is 0 Å². The summed E-state index contributed by atoms with van der Waals surface area (Å²) < 4.78 is 17.2. The number of hydrogen-bond donors (Lipinski definition) is 1. The number of piperidine rings is 1. The molecule has 0 saturated carbocycles. The summed E-state index contributed by atoms with van der Waals surface area (Å²) in [4.78, 5) is 26.0. The molecule has 7 heteroatoms. The van der Waals surface area contributed by atoms with Crippen LogP contribution in [0.2, 0.25) is 0 Å².